The number of nitrogens with zero attached hydrogens (tertiary/aromatic N) is 2. The van der Waals surface area contributed by atoms with Gasteiger partial charge in [-0.05, 0) is 56.9 Å². The molecule has 0 spiro atoms. The third-order valence-corrected chi connectivity index (χ3v) is 4.35. The normalized spacial score (nSPS) is 28.6. The Kier molecular flexibility index (Phi) is 4.44. The van der Waals surface area contributed by atoms with Crippen molar-refractivity contribution in [3.63, 3.8) is 0 Å². The molecule has 1 aromatic rings. The van der Waals surface area contributed by atoms with Gasteiger partial charge in [0.05, 0.1) is 5.69 Å². The number of aromatic nitrogens is 2. The second kappa shape index (κ2) is 5.87. The van der Waals surface area contributed by atoms with Crippen molar-refractivity contribution >= 4 is 0 Å². The lowest BCUT2D eigenvalue weighted by Gasteiger charge is -2.32. The van der Waals surface area contributed by atoms with Gasteiger partial charge in [0.15, 0.2) is 0 Å². The molecular weight excluding hydrogens is 222 g/mol. The molecule has 0 saturated heterocycles. The quantitative estimate of drug-likeness (QED) is 0.891. The third kappa shape index (κ3) is 2.94. The first kappa shape index (κ1) is 13.6. The highest BCUT2D eigenvalue weighted by Crippen LogP contribution is 2.30. The zero-order chi connectivity index (χ0) is 13.1. The highest BCUT2D eigenvalue weighted by Gasteiger charge is 2.27. The molecule has 1 aromatic heterocycles. The summed E-state index contributed by atoms with van der Waals surface area (Å²) in [5.74, 6) is 1.47. The van der Waals surface area contributed by atoms with Gasteiger partial charge < -0.3 is 5.73 Å². The van der Waals surface area contributed by atoms with E-state index in [1.807, 2.05) is 0 Å². The van der Waals surface area contributed by atoms with Crippen LogP contribution >= 0.6 is 0 Å². The zero-order valence-corrected chi connectivity index (χ0v) is 12.0. The van der Waals surface area contributed by atoms with Crippen LogP contribution in [0.3, 0.4) is 0 Å². The molecule has 0 radical (unpaired) electrons. The van der Waals surface area contributed by atoms with Gasteiger partial charge in [-0.25, -0.2) is 0 Å². The van der Waals surface area contributed by atoms with Crippen molar-refractivity contribution in [2.75, 3.05) is 0 Å². The lowest BCUT2D eigenvalue weighted by Crippen LogP contribution is -2.37. The van der Waals surface area contributed by atoms with Gasteiger partial charge in [-0.2, -0.15) is 5.10 Å². The maximum absolute atomic E-state index is 6.29. The fourth-order valence-corrected chi connectivity index (χ4v) is 3.15. The van der Waals surface area contributed by atoms with Crippen molar-refractivity contribution in [1.29, 1.82) is 0 Å². The molecule has 18 heavy (non-hydrogen) atoms. The van der Waals surface area contributed by atoms with Crippen molar-refractivity contribution in [3.05, 3.63) is 17.5 Å². The molecule has 3 nitrogen and oxygen atoms in total. The van der Waals surface area contributed by atoms with Crippen LogP contribution in [0.1, 0.15) is 51.4 Å². The molecule has 1 aliphatic carbocycles. The van der Waals surface area contributed by atoms with Gasteiger partial charge in [0.2, 0.25) is 0 Å². The van der Waals surface area contributed by atoms with E-state index in [1.54, 1.807) is 0 Å². The standard InChI is InChI=1S/C15H27N3/c1-4-13-10-14(18(5-2)17-13)9-12-8-11(3)6-7-15(12)16/h10-12,15H,4-9,16H2,1-3H3. The average molecular weight is 249 g/mol. The van der Waals surface area contributed by atoms with E-state index in [9.17, 15) is 0 Å². The van der Waals surface area contributed by atoms with E-state index in [0.29, 0.717) is 12.0 Å². The monoisotopic (exact) mass is 249 g/mol. The van der Waals surface area contributed by atoms with Crippen LogP contribution in [-0.2, 0) is 19.4 Å². The summed E-state index contributed by atoms with van der Waals surface area (Å²) in [5, 5.41) is 4.63. The first-order chi connectivity index (χ1) is 8.63. The molecule has 1 saturated carbocycles. The van der Waals surface area contributed by atoms with E-state index in [4.69, 9.17) is 5.73 Å². The van der Waals surface area contributed by atoms with Crippen LogP contribution < -0.4 is 5.73 Å². The van der Waals surface area contributed by atoms with Crippen LogP contribution in [0.2, 0.25) is 0 Å². The summed E-state index contributed by atoms with van der Waals surface area (Å²) in [6, 6.07) is 2.65. The Hall–Kier alpha value is -0.830. The Morgan fingerprint density at radius 2 is 2.17 bits per heavy atom. The summed E-state index contributed by atoms with van der Waals surface area (Å²) >= 11 is 0. The van der Waals surface area contributed by atoms with E-state index < -0.39 is 0 Å². The predicted molar refractivity (Wildman–Crippen MR) is 75.5 cm³/mol. The largest absolute Gasteiger partial charge is 0.327 e. The van der Waals surface area contributed by atoms with E-state index in [0.717, 1.165) is 25.3 Å². The van der Waals surface area contributed by atoms with Crippen molar-refractivity contribution < 1.29 is 0 Å². The van der Waals surface area contributed by atoms with E-state index in [2.05, 4.69) is 36.6 Å². The van der Waals surface area contributed by atoms with Gasteiger partial charge in [-0.1, -0.05) is 13.8 Å². The van der Waals surface area contributed by atoms with Crippen molar-refractivity contribution in [1.82, 2.24) is 9.78 Å². The lowest BCUT2D eigenvalue weighted by atomic mass is 9.77. The number of hydrogen-bond acceptors (Lipinski definition) is 2. The molecule has 0 bridgehead atoms. The zero-order valence-electron chi connectivity index (χ0n) is 12.0. The van der Waals surface area contributed by atoms with Gasteiger partial charge in [-0.15, -0.1) is 0 Å². The number of nitrogens with two attached hydrogens (primary N) is 1. The fraction of sp³-hybridized carbons (Fsp3) is 0.800. The van der Waals surface area contributed by atoms with Gasteiger partial charge >= 0.3 is 0 Å². The van der Waals surface area contributed by atoms with Gasteiger partial charge in [-0.3, -0.25) is 4.68 Å². The molecule has 3 unspecified atom stereocenters. The maximum Gasteiger partial charge on any atom is 0.0624 e. The summed E-state index contributed by atoms with van der Waals surface area (Å²) in [6.07, 6.45) is 5.88. The molecular formula is C15H27N3. The first-order valence-corrected chi connectivity index (χ1v) is 7.45. The Labute approximate surface area is 111 Å². The highest BCUT2D eigenvalue weighted by molar-refractivity contribution is 5.12. The van der Waals surface area contributed by atoms with Crippen molar-refractivity contribution in [3.8, 4) is 0 Å². The number of rotatable bonds is 4. The molecule has 102 valence electrons. The molecule has 1 fully saturated rings. The summed E-state index contributed by atoms with van der Waals surface area (Å²) in [7, 11) is 0. The Morgan fingerprint density at radius 1 is 1.39 bits per heavy atom. The summed E-state index contributed by atoms with van der Waals surface area (Å²) in [4.78, 5) is 0. The Bertz CT molecular complexity index is 383. The van der Waals surface area contributed by atoms with Crippen molar-refractivity contribution in [2.24, 2.45) is 17.6 Å². The minimum atomic E-state index is 0.381. The van der Waals surface area contributed by atoms with Crippen LogP contribution in [0.15, 0.2) is 6.07 Å². The molecule has 2 rings (SSSR count). The second-order valence-corrected chi connectivity index (χ2v) is 5.84. The highest BCUT2D eigenvalue weighted by atomic mass is 15.3. The molecule has 2 N–H and O–H groups in total. The Morgan fingerprint density at radius 3 is 2.83 bits per heavy atom. The number of aryl methyl sites for hydroxylation is 2. The van der Waals surface area contributed by atoms with E-state index in [1.165, 1.54) is 30.7 Å². The van der Waals surface area contributed by atoms with Crippen LogP contribution in [0.25, 0.3) is 0 Å². The van der Waals surface area contributed by atoms with Gasteiger partial charge in [0, 0.05) is 18.3 Å². The van der Waals surface area contributed by atoms with Gasteiger partial charge in [0.1, 0.15) is 0 Å². The average Bonchev–Trinajstić information content (AvgIpc) is 2.76. The molecule has 3 atom stereocenters. The smallest absolute Gasteiger partial charge is 0.0624 e. The fourth-order valence-electron chi connectivity index (χ4n) is 3.15. The molecule has 1 aliphatic rings. The predicted octanol–water partition coefficient (Wildman–Crippen LogP) is 2.77. The molecule has 0 aromatic carbocycles. The summed E-state index contributed by atoms with van der Waals surface area (Å²) < 4.78 is 2.16. The van der Waals surface area contributed by atoms with E-state index >= 15 is 0 Å². The molecule has 1 heterocycles. The minimum absolute atomic E-state index is 0.381. The third-order valence-electron chi connectivity index (χ3n) is 4.35. The first-order valence-electron chi connectivity index (χ1n) is 7.45. The summed E-state index contributed by atoms with van der Waals surface area (Å²) in [6.45, 7) is 7.65. The Balaban J connectivity index is 2.09. The maximum atomic E-state index is 6.29. The lowest BCUT2D eigenvalue weighted by molar-refractivity contribution is 0.241. The van der Waals surface area contributed by atoms with Crippen LogP contribution in [0.4, 0.5) is 0 Å². The van der Waals surface area contributed by atoms with E-state index in [-0.39, 0.29) is 0 Å². The number of hydrogen-bond donors (Lipinski definition) is 1. The molecule has 0 aliphatic heterocycles. The second-order valence-electron chi connectivity index (χ2n) is 5.84. The minimum Gasteiger partial charge on any atom is -0.327 e. The molecule has 3 heteroatoms. The van der Waals surface area contributed by atoms with Crippen LogP contribution in [-0.4, -0.2) is 15.8 Å². The molecule has 0 amide bonds. The van der Waals surface area contributed by atoms with Crippen LogP contribution in [0.5, 0.6) is 0 Å². The van der Waals surface area contributed by atoms with Gasteiger partial charge in [0.25, 0.3) is 0 Å². The summed E-state index contributed by atoms with van der Waals surface area (Å²) in [5.41, 5.74) is 8.88. The van der Waals surface area contributed by atoms with Crippen molar-refractivity contribution in [2.45, 2.75) is 65.5 Å². The SMILES string of the molecule is CCc1cc(CC2CC(C)CCC2N)n(CC)n1. The topological polar surface area (TPSA) is 43.8 Å². The van der Waals surface area contributed by atoms with Crippen LogP contribution in [0, 0.1) is 11.8 Å².